The van der Waals surface area contributed by atoms with Gasteiger partial charge >= 0.3 is 5.97 Å². The van der Waals surface area contributed by atoms with Crippen LogP contribution in [0.15, 0.2) is 48.5 Å². The first-order valence-electron chi connectivity index (χ1n) is 10.9. The number of hydrogen-bond acceptors (Lipinski definition) is 8. The summed E-state index contributed by atoms with van der Waals surface area (Å²) in [4.78, 5) is 27.7. The van der Waals surface area contributed by atoms with Crippen LogP contribution in [0.25, 0.3) is 11.3 Å². The minimum atomic E-state index is -1.65. The van der Waals surface area contributed by atoms with Gasteiger partial charge in [0.25, 0.3) is 0 Å². The minimum absolute atomic E-state index is 0.0356. The van der Waals surface area contributed by atoms with Crippen molar-refractivity contribution in [3.8, 4) is 29.0 Å². The highest BCUT2D eigenvalue weighted by molar-refractivity contribution is 6.17. The van der Waals surface area contributed by atoms with Crippen molar-refractivity contribution in [1.29, 1.82) is 10.7 Å². The molecule has 3 heterocycles. The van der Waals surface area contributed by atoms with Crippen LogP contribution in [0.4, 0.5) is 5.69 Å². The van der Waals surface area contributed by atoms with Gasteiger partial charge < -0.3 is 14.2 Å². The highest BCUT2D eigenvalue weighted by atomic mass is 16.5. The predicted octanol–water partition coefficient (Wildman–Crippen LogP) is 2.79. The standard InChI is InChI=1S/C25H21N5O5/c1-3-34-15-10-8-14(9-11-15)21-20-23(29-28-21)35-22(27)17(12-26)25(20)16-6-4-5-7-18(16)30(24(25)32)13-19(31)33-2/h4-11,17,27H,3,13H2,1-2H3,(H,28,29). The number of nitrogens with one attached hydrogen (secondary N) is 2. The Balaban J connectivity index is 1.78. The molecule has 0 radical (unpaired) electrons. The number of nitriles is 1. The van der Waals surface area contributed by atoms with Crippen molar-refractivity contribution in [2.24, 2.45) is 5.92 Å². The molecule has 35 heavy (non-hydrogen) atoms. The van der Waals surface area contributed by atoms with Crippen LogP contribution in [-0.2, 0) is 19.7 Å². The lowest BCUT2D eigenvalue weighted by Gasteiger charge is -2.36. The van der Waals surface area contributed by atoms with Crippen LogP contribution in [0.2, 0.25) is 0 Å². The van der Waals surface area contributed by atoms with Crippen molar-refractivity contribution in [3.05, 3.63) is 59.7 Å². The lowest BCUT2D eigenvalue weighted by molar-refractivity contribution is -0.140. The predicted molar refractivity (Wildman–Crippen MR) is 124 cm³/mol. The van der Waals surface area contributed by atoms with Crippen molar-refractivity contribution in [1.82, 2.24) is 10.2 Å². The van der Waals surface area contributed by atoms with E-state index in [-0.39, 0.29) is 12.4 Å². The van der Waals surface area contributed by atoms with Crippen molar-refractivity contribution in [2.45, 2.75) is 12.3 Å². The van der Waals surface area contributed by atoms with E-state index in [0.29, 0.717) is 40.4 Å². The number of H-pyrrole nitrogens is 1. The number of fused-ring (bicyclic) bond motifs is 4. The third-order valence-corrected chi connectivity index (χ3v) is 6.33. The Hall–Kier alpha value is -4.65. The minimum Gasteiger partial charge on any atom is -0.494 e. The second-order valence-corrected chi connectivity index (χ2v) is 8.06. The van der Waals surface area contributed by atoms with Crippen LogP contribution in [0.1, 0.15) is 18.1 Å². The number of para-hydroxylation sites is 1. The van der Waals surface area contributed by atoms with Crippen molar-refractivity contribution < 1.29 is 23.8 Å². The highest BCUT2D eigenvalue weighted by Gasteiger charge is 2.64. The van der Waals surface area contributed by atoms with Gasteiger partial charge in [0.05, 0.1) is 31.0 Å². The summed E-state index contributed by atoms with van der Waals surface area (Å²) >= 11 is 0. The van der Waals surface area contributed by atoms with Gasteiger partial charge in [0.2, 0.25) is 17.7 Å². The number of aromatic amines is 1. The van der Waals surface area contributed by atoms with Crippen molar-refractivity contribution >= 4 is 23.5 Å². The number of benzene rings is 2. The largest absolute Gasteiger partial charge is 0.494 e. The van der Waals surface area contributed by atoms with E-state index in [4.69, 9.17) is 19.6 Å². The van der Waals surface area contributed by atoms with Crippen LogP contribution in [0, 0.1) is 22.7 Å². The Kier molecular flexibility index (Phi) is 5.25. The normalized spacial score (nSPS) is 20.1. The van der Waals surface area contributed by atoms with E-state index in [1.54, 1.807) is 36.4 Å². The average Bonchev–Trinajstić information content (AvgIpc) is 3.39. The molecule has 1 spiro atoms. The molecule has 2 aliphatic rings. The quantitative estimate of drug-likeness (QED) is 0.545. The Labute approximate surface area is 200 Å². The fourth-order valence-corrected chi connectivity index (χ4v) is 4.87. The molecule has 5 rings (SSSR count). The smallest absolute Gasteiger partial charge is 0.325 e. The summed E-state index contributed by atoms with van der Waals surface area (Å²) < 4.78 is 16.0. The fraction of sp³-hybridized carbons (Fsp3) is 0.240. The first kappa shape index (κ1) is 22.2. The monoisotopic (exact) mass is 471 g/mol. The summed E-state index contributed by atoms with van der Waals surface area (Å²) in [5, 5.41) is 25.8. The molecule has 1 amide bonds. The number of nitrogens with zero attached hydrogens (tertiary/aromatic N) is 3. The molecule has 0 saturated carbocycles. The van der Waals surface area contributed by atoms with E-state index in [9.17, 15) is 14.9 Å². The molecule has 2 unspecified atom stereocenters. The Bertz CT molecular complexity index is 1390. The van der Waals surface area contributed by atoms with Gasteiger partial charge in [-0.25, -0.2) is 0 Å². The lowest BCUT2D eigenvalue weighted by atomic mass is 9.65. The molecule has 2 atom stereocenters. The fourth-order valence-electron chi connectivity index (χ4n) is 4.87. The number of aromatic nitrogens is 2. The molecular weight excluding hydrogens is 450 g/mol. The van der Waals surface area contributed by atoms with E-state index in [1.165, 1.54) is 12.0 Å². The van der Waals surface area contributed by atoms with Crippen molar-refractivity contribution in [2.75, 3.05) is 25.2 Å². The highest BCUT2D eigenvalue weighted by Crippen LogP contribution is 2.57. The summed E-state index contributed by atoms with van der Waals surface area (Å²) in [6.45, 7) is 2.06. The van der Waals surface area contributed by atoms with Gasteiger partial charge in [0, 0.05) is 11.3 Å². The molecule has 2 aliphatic heterocycles. The van der Waals surface area contributed by atoms with Crippen molar-refractivity contribution in [3.63, 3.8) is 0 Å². The molecule has 10 nitrogen and oxygen atoms in total. The van der Waals surface area contributed by atoms with E-state index in [0.717, 1.165) is 0 Å². The molecule has 3 aromatic rings. The second-order valence-electron chi connectivity index (χ2n) is 8.06. The van der Waals surface area contributed by atoms with Gasteiger partial charge in [0.15, 0.2) is 0 Å². The summed E-state index contributed by atoms with van der Waals surface area (Å²) in [7, 11) is 1.24. The molecule has 0 bridgehead atoms. The zero-order valence-electron chi connectivity index (χ0n) is 19.0. The molecule has 176 valence electrons. The second kappa shape index (κ2) is 8.29. The first-order valence-corrected chi connectivity index (χ1v) is 10.9. The van der Waals surface area contributed by atoms with Gasteiger partial charge in [-0.05, 0) is 42.8 Å². The Morgan fingerprint density at radius 3 is 2.71 bits per heavy atom. The average molecular weight is 471 g/mol. The molecule has 0 saturated heterocycles. The number of methoxy groups -OCH3 is 1. The number of rotatable bonds is 5. The van der Waals surface area contributed by atoms with Gasteiger partial charge in [-0.15, -0.1) is 5.10 Å². The Morgan fingerprint density at radius 2 is 2.03 bits per heavy atom. The van der Waals surface area contributed by atoms with Crippen LogP contribution >= 0.6 is 0 Å². The lowest BCUT2D eigenvalue weighted by Crippen LogP contribution is -2.53. The summed E-state index contributed by atoms with van der Waals surface area (Å²) in [6.07, 6.45) is 0. The summed E-state index contributed by atoms with van der Waals surface area (Å²) in [5.41, 5.74) is 0.802. The number of ether oxygens (including phenoxy) is 3. The first-order chi connectivity index (χ1) is 17.0. The van der Waals surface area contributed by atoms with Crippen LogP contribution in [-0.4, -0.2) is 48.2 Å². The SMILES string of the molecule is CCOc1ccc(-c2[nH]nc3c2C2(C(=O)N(CC(=O)OC)c4ccccc42)C(C#N)C(=N)O3)cc1. The summed E-state index contributed by atoms with van der Waals surface area (Å²) in [5.74, 6) is -2.11. The number of esters is 1. The van der Waals surface area contributed by atoms with Gasteiger partial charge in [0.1, 0.15) is 23.6 Å². The molecule has 2 aromatic carbocycles. The molecule has 1 aromatic heterocycles. The van der Waals surface area contributed by atoms with Crippen LogP contribution in [0.3, 0.4) is 0 Å². The molecule has 10 heteroatoms. The van der Waals surface area contributed by atoms with E-state index >= 15 is 0 Å². The number of carbonyl (C=O) groups excluding carboxylic acids is 2. The number of carbonyl (C=O) groups is 2. The number of amides is 1. The Morgan fingerprint density at radius 1 is 1.29 bits per heavy atom. The maximum absolute atomic E-state index is 14.2. The maximum Gasteiger partial charge on any atom is 0.325 e. The molecular formula is C25H21N5O5. The van der Waals surface area contributed by atoms with E-state index in [1.807, 2.05) is 19.1 Å². The maximum atomic E-state index is 14.2. The zero-order chi connectivity index (χ0) is 24.7. The van der Waals surface area contributed by atoms with Gasteiger partial charge in [-0.1, -0.05) is 18.2 Å². The zero-order valence-corrected chi connectivity index (χ0v) is 19.0. The van der Waals surface area contributed by atoms with Crippen LogP contribution < -0.4 is 14.4 Å². The molecule has 0 fully saturated rings. The summed E-state index contributed by atoms with van der Waals surface area (Å²) in [6, 6.07) is 16.2. The number of anilines is 1. The topological polar surface area (TPSA) is 141 Å². The van der Waals surface area contributed by atoms with Gasteiger partial charge in [-0.3, -0.25) is 25.0 Å². The molecule has 0 aliphatic carbocycles. The van der Waals surface area contributed by atoms with E-state index < -0.39 is 29.1 Å². The third-order valence-electron chi connectivity index (χ3n) is 6.33. The third kappa shape index (κ3) is 3.09. The van der Waals surface area contributed by atoms with E-state index in [2.05, 4.69) is 16.3 Å². The van der Waals surface area contributed by atoms with Gasteiger partial charge in [-0.2, -0.15) is 5.26 Å². The van der Waals surface area contributed by atoms with Crippen LogP contribution in [0.5, 0.6) is 11.6 Å². The molecule has 2 N–H and O–H groups in total. The number of hydrogen-bond donors (Lipinski definition) is 2.